The summed E-state index contributed by atoms with van der Waals surface area (Å²) in [6.45, 7) is 3.56. The van der Waals surface area contributed by atoms with E-state index < -0.39 is 16.1 Å². The van der Waals surface area contributed by atoms with Crippen LogP contribution in [-0.2, 0) is 14.8 Å². The smallest absolute Gasteiger partial charge is 0.257 e. The van der Waals surface area contributed by atoms with Crippen molar-refractivity contribution in [2.75, 3.05) is 40.5 Å². The van der Waals surface area contributed by atoms with Crippen molar-refractivity contribution in [2.24, 2.45) is 0 Å². The lowest BCUT2D eigenvalue weighted by atomic mass is 10.1. The molecular weight excluding hydrogens is 408 g/mol. The van der Waals surface area contributed by atoms with Gasteiger partial charge in [0.05, 0.1) is 37.9 Å². The number of sulfonamides is 1. The van der Waals surface area contributed by atoms with Crippen LogP contribution in [0.25, 0.3) is 0 Å². The van der Waals surface area contributed by atoms with Crippen LogP contribution in [0.2, 0.25) is 0 Å². The van der Waals surface area contributed by atoms with Crippen LogP contribution in [0.5, 0.6) is 11.5 Å². The number of nitrogens with zero attached hydrogens (tertiary/aromatic N) is 1. The molecule has 1 saturated heterocycles. The number of amides is 1. The normalized spacial score (nSPS) is 15.5. The molecule has 0 spiro atoms. The molecule has 1 atom stereocenters. The van der Waals surface area contributed by atoms with Crippen LogP contribution in [0, 0.1) is 0 Å². The zero-order chi connectivity index (χ0) is 21.7. The Kier molecular flexibility index (Phi) is 6.96. The van der Waals surface area contributed by atoms with Crippen LogP contribution in [0.3, 0.4) is 0 Å². The lowest BCUT2D eigenvalue weighted by Gasteiger charge is -2.27. The summed E-state index contributed by atoms with van der Waals surface area (Å²) >= 11 is 0. The van der Waals surface area contributed by atoms with Gasteiger partial charge in [0.2, 0.25) is 10.0 Å². The van der Waals surface area contributed by atoms with Gasteiger partial charge in [0.1, 0.15) is 11.5 Å². The summed E-state index contributed by atoms with van der Waals surface area (Å²) in [5.74, 6) is 0.735. The van der Waals surface area contributed by atoms with E-state index in [-0.39, 0.29) is 16.4 Å². The summed E-state index contributed by atoms with van der Waals surface area (Å²) in [5.41, 5.74) is 0.997. The summed E-state index contributed by atoms with van der Waals surface area (Å²) < 4.78 is 44.3. The van der Waals surface area contributed by atoms with Gasteiger partial charge < -0.3 is 19.1 Å². The van der Waals surface area contributed by atoms with Crippen LogP contribution in [0.4, 0.5) is 0 Å². The van der Waals surface area contributed by atoms with Crippen molar-refractivity contribution in [3.8, 4) is 11.5 Å². The molecule has 0 bridgehead atoms. The summed E-state index contributed by atoms with van der Waals surface area (Å²) in [6.07, 6.45) is 0. The molecule has 162 valence electrons. The lowest BCUT2D eigenvalue weighted by Crippen LogP contribution is -2.40. The fourth-order valence-electron chi connectivity index (χ4n) is 3.22. The molecule has 3 rings (SSSR count). The minimum atomic E-state index is -3.87. The second-order valence-electron chi connectivity index (χ2n) is 6.88. The van der Waals surface area contributed by atoms with Gasteiger partial charge in [-0.25, -0.2) is 13.1 Å². The van der Waals surface area contributed by atoms with E-state index in [0.29, 0.717) is 37.8 Å². The summed E-state index contributed by atoms with van der Waals surface area (Å²) in [7, 11) is -0.849. The number of methoxy groups -OCH3 is 2. The fraction of sp³-hybridized carbons (Fsp3) is 0.381. The topological polar surface area (TPSA) is 94.2 Å². The van der Waals surface area contributed by atoms with Crippen LogP contribution < -0.4 is 14.2 Å². The highest BCUT2D eigenvalue weighted by molar-refractivity contribution is 7.89. The van der Waals surface area contributed by atoms with E-state index in [1.807, 2.05) is 0 Å². The molecule has 30 heavy (non-hydrogen) atoms. The number of benzene rings is 2. The fourth-order valence-corrected chi connectivity index (χ4v) is 4.48. The summed E-state index contributed by atoms with van der Waals surface area (Å²) in [5, 5.41) is 0. The van der Waals surface area contributed by atoms with Crippen LogP contribution in [0.1, 0.15) is 28.9 Å². The Morgan fingerprint density at radius 3 is 2.33 bits per heavy atom. The zero-order valence-corrected chi connectivity index (χ0v) is 18.1. The maximum absolute atomic E-state index is 13.0. The van der Waals surface area contributed by atoms with Gasteiger partial charge in [-0.1, -0.05) is 12.1 Å². The highest BCUT2D eigenvalue weighted by Gasteiger charge is 2.25. The van der Waals surface area contributed by atoms with Crippen LogP contribution in [0.15, 0.2) is 47.4 Å². The van der Waals surface area contributed by atoms with Gasteiger partial charge in [-0.05, 0) is 42.8 Å². The SMILES string of the molecule is COc1ccc(C(C)NS(=O)(=O)c2ccc(OC)c(C(=O)N3CCOCC3)c2)cc1. The predicted molar refractivity (Wildman–Crippen MR) is 111 cm³/mol. The number of nitrogens with one attached hydrogen (secondary N) is 1. The van der Waals surface area contributed by atoms with Gasteiger partial charge in [0.25, 0.3) is 5.91 Å². The van der Waals surface area contributed by atoms with Crippen molar-refractivity contribution in [3.63, 3.8) is 0 Å². The van der Waals surface area contributed by atoms with Crippen molar-refractivity contribution in [2.45, 2.75) is 17.9 Å². The number of carbonyl (C=O) groups excluding carboxylic acids is 1. The van der Waals surface area contributed by atoms with Crippen molar-refractivity contribution in [1.82, 2.24) is 9.62 Å². The average molecular weight is 435 g/mol. The van der Waals surface area contributed by atoms with Crippen LogP contribution >= 0.6 is 0 Å². The average Bonchev–Trinajstić information content (AvgIpc) is 2.78. The molecule has 0 radical (unpaired) electrons. The molecule has 1 unspecified atom stereocenters. The van der Waals surface area contributed by atoms with E-state index in [9.17, 15) is 13.2 Å². The Morgan fingerprint density at radius 1 is 1.07 bits per heavy atom. The van der Waals surface area contributed by atoms with Gasteiger partial charge in [-0.15, -0.1) is 0 Å². The molecular formula is C21H26N2O6S. The van der Waals surface area contributed by atoms with E-state index in [1.165, 1.54) is 25.3 Å². The van der Waals surface area contributed by atoms with Gasteiger partial charge in [-0.3, -0.25) is 4.79 Å². The first-order chi connectivity index (χ1) is 14.4. The van der Waals surface area contributed by atoms with E-state index >= 15 is 0 Å². The van der Waals surface area contributed by atoms with Crippen molar-refractivity contribution >= 4 is 15.9 Å². The number of rotatable bonds is 7. The Hall–Kier alpha value is -2.62. The van der Waals surface area contributed by atoms with Gasteiger partial charge in [0.15, 0.2) is 0 Å². The molecule has 1 heterocycles. The first-order valence-corrected chi connectivity index (χ1v) is 11.1. The van der Waals surface area contributed by atoms with Crippen molar-refractivity contribution in [1.29, 1.82) is 0 Å². The molecule has 1 fully saturated rings. The summed E-state index contributed by atoms with van der Waals surface area (Å²) in [6, 6.07) is 11.0. The first-order valence-electron chi connectivity index (χ1n) is 9.57. The standard InChI is InChI=1S/C21H26N2O6S/c1-15(16-4-6-17(27-2)7-5-16)22-30(25,26)18-8-9-20(28-3)19(14-18)21(24)23-10-12-29-13-11-23/h4-9,14-15,22H,10-13H2,1-3H3. The maximum atomic E-state index is 13.0. The Bertz CT molecular complexity index is 985. The predicted octanol–water partition coefficient (Wildman–Crippen LogP) is 2.22. The minimum Gasteiger partial charge on any atom is -0.497 e. The number of hydrogen-bond acceptors (Lipinski definition) is 6. The third-order valence-electron chi connectivity index (χ3n) is 4.96. The molecule has 2 aromatic rings. The van der Waals surface area contributed by atoms with E-state index in [2.05, 4.69) is 4.72 Å². The second-order valence-corrected chi connectivity index (χ2v) is 8.60. The molecule has 1 N–H and O–H groups in total. The second kappa shape index (κ2) is 9.46. The lowest BCUT2D eigenvalue weighted by molar-refractivity contribution is 0.0300. The third kappa shape index (κ3) is 4.92. The van der Waals surface area contributed by atoms with Crippen molar-refractivity contribution < 1.29 is 27.4 Å². The Morgan fingerprint density at radius 2 is 1.73 bits per heavy atom. The number of hydrogen-bond donors (Lipinski definition) is 1. The van der Waals surface area contributed by atoms with E-state index in [0.717, 1.165) is 5.56 Å². The Balaban J connectivity index is 1.84. The molecule has 0 aliphatic carbocycles. The van der Waals surface area contributed by atoms with E-state index in [4.69, 9.17) is 14.2 Å². The number of morpholine rings is 1. The number of ether oxygens (including phenoxy) is 3. The number of carbonyl (C=O) groups is 1. The molecule has 1 aliphatic heterocycles. The Labute approximate surface area is 176 Å². The summed E-state index contributed by atoms with van der Waals surface area (Å²) in [4.78, 5) is 14.6. The van der Waals surface area contributed by atoms with Crippen molar-refractivity contribution in [3.05, 3.63) is 53.6 Å². The molecule has 0 saturated carbocycles. The first kappa shape index (κ1) is 22.1. The molecule has 2 aromatic carbocycles. The van der Waals surface area contributed by atoms with Crippen LogP contribution in [-0.4, -0.2) is 59.7 Å². The third-order valence-corrected chi connectivity index (χ3v) is 6.50. The zero-order valence-electron chi connectivity index (χ0n) is 17.3. The largest absolute Gasteiger partial charge is 0.497 e. The minimum absolute atomic E-state index is 0.000251. The molecule has 1 amide bonds. The van der Waals surface area contributed by atoms with Gasteiger partial charge >= 0.3 is 0 Å². The molecule has 1 aliphatic rings. The molecule has 0 aromatic heterocycles. The molecule has 8 nitrogen and oxygen atoms in total. The highest BCUT2D eigenvalue weighted by Crippen LogP contribution is 2.26. The highest BCUT2D eigenvalue weighted by atomic mass is 32.2. The molecule has 9 heteroatoms. The van der Waals surface area contributed by atoms with E-state index in [1.54, 1.807) is 43.2 Å². The quantitative estimate of drug-likeness (QED) is 0.718. The monoisotopic (exact) mass is 434 g/mol. The maximum Gasteiger partial charge on any atom is 0.257 e. The van der Waals surface area contributed by atoms with Gasteiger partial charge in [0, 0.05) is 19.1 Å². The van der Waals surface area contributed by atoms with Gasteiger partial charge in [-0.2, -0.15) is 0 Å².